The van der Waals surface area contributed by atoms with Gasteiger partial charge in [-0.25, -0.2) is 0 Å². The number of benzene rings is 1. The number of unbranched alkanes of at least 4 members (excludes halogenated alkanes) is 1. The molecule has 0 amide bonds. The summed E-state index contributed by atoms with van der Waals surface area (Å²) in [5.41, 5.74) is 2.28. The monoisotopic (exact) mass is 201 g/mol. The van der Waals surface area contributed by atoms with Gasteiger partial charge < -0.3 is 0 Å². The van der Waals surface area contributed by atoms with Crippen molar-refractivity contribution in [2.75, 3.05) is 0 Å². The molecule has 0 bridgehead atoms. The maximum atomic E-state index is 4.28. The van der Waals surface area contributed by atoms with E-state index < -0.39 is 0 Å². The second-order valence-electron chi connectivity index (χ2n) is 3.71. The molecule has 0 saturated carbocycles. The van der Waals surface area contributed by atoms with Crippen LogP contribution in [0.4, 0.5) is 0 Å². The van der Waals surface area contributed by atoms with Crippen molar-refractivity contribution in [3.8, 4) is 0 Å². The fraction of sp³-hybridized carbons (Fsp3) is 0.357. The molecule has 1 aromatic heterocycles. The summed E-state index contributed by atoms with van der Waals surface area (Å²) in [6, 6.07) is 10.3. The third kappa shape index (κ3) is 3.70. The van der Waals surface area contributed by atoms with Crippen molar-refractivity contribution >= 4 is 10.9 Å². The van der Waals surface area contributed by atoms with Crippen LogP contribution in [-0.4, -0.2) is 4.98 Å². The van der Waals surface area contributed by atoms with Gasteiger partial charge in [-0.1, -0.05) is 44.9 Å². The normalized spacial score (nSPS) is 9.53. The van der Waals surface area contributed by atoms with E-state index in [1.165, 1.54) is 23.8 Å². The van der Waals surface area contributed by atoms with Crippen molar-refractivity contribution in [2.24, 2.45) is 0 Å². The minimum atomic E-state index is 1.07. The highest BCUT2D eigenvalue weighted by molar-refractivity contribution is 5.78. The van der Waals surface area contributed by atoms with Crippen LogP contribution in [0.3, 0.4) is 0 Å². The molecule has 0 saturated heterocycles. The van der Waals surface area contributed by atoms with E-state index in [-0.39, 0.29) is 0 Å². The lowest BCUT2D eigenvalue weighted by Crippen LogP contribution is -1.78. The molecule has 2 aromatic rings. The summed E-state index contributed by atoms with van der Waals surface area (Å²) in [5.74, 6) is 0. The van der Waals surface area contributed by atoms with Crippen molar-refractivity contribution in [1.82, 2.24) is 4.98 Å². The van der Waals surface area contributed by atoms with Gasteiger partial charge >= 0.3 is 0 Å². The molecule has 0 radical (unpaired) electrons. The molecule has 1 heterocycles. The summed E-state index contributed by atoms with van der Waals surface area (Å²) in [7, 11) is 0. The van der Waals surface area contributed by atoms with Crippen LogP contribution in [0.25, 0.3) is 10.9 Å². The Balaban J connectivity index is 0.000000245. The number of hydrogen-bond acceptors (Lipinski definition) is 1. The van der Waals surface area contributed by atoms with Crippen LogP contribution >= 0.6 is 0 Å². The number of rotatable bonds is 1. The van der Waals surface area contributed by atoms with Gasteiger partial charge in [-0.15, -0.1) is 0 Å². The molecule has 0 aliphatic rings. The predicted octanol–water partition coefficient (Wildman–Crippen LogP) is 4.35. The number of para-hydroxylation sites is 1. The second-order valence-corrected chi connectivity index (χ2v) is 3.71. The molecule has 0 aliphatic carbocycles. The van der Waals surface area contributed by atoms with Crippen LogP contribution in [-0.2, 0) is 0 Å². The van der Waals surface area contributed by atoms with Crippen molar-refractivity contribution in [3.05, 3.63) is 42.1 Å². The lowest BCUT2D eigenvalue weighted by atomic mass is 10.2. The van der Waals surface area contributed by atoms with Gasteiger partial charge in [0.1, 0.15) is 0 Å². The fourth-order valence-electron chi connectivity index (χ4n) is 1.18. The SMILES string of the molecule is CCCC.Cc1cnc2ccccc2c1. The van der Waals surface area contributed by atoms with Crippen LogP contribution in [0.15, 0.2) is 36.5 Å². The number of pyridine rings is 1. The van der Waals surface area contributed by atoms with Crippen LogP contribution < -0.4 is 0 Å². The molecule has 0 fully saturated rings. The topological polar surface area (TPSA) is 12.9 Å². The molecule has 2 rings (SSSR count). The number of nitrogens with zero attached hydrogens (tertiary/aromatic N) is 1. The Morgan fingerprint density at radius 3 is 2.40 bits per heavy atom. The van der Waals surface area contributed by atoms with Crippen LogP contribution in [0.5, 0.6) is 0 Å². The van der Waals surface area contributed by atoms with E-state index >= 15 is 0 Å². The lowest BCUT2D eigenvalue weighted by molar-refractivity contribution is 0.886. The maximum Gasteiger partial charge on any atom is 0.0702 e. The Hall–Kier alpha value is -1.37. The largest absolute Gasteiger partial charge is 0.256 e. The maximum absolute atomic E-state index is 4.28. The van der Waals surface area contributed by atoms with Gasteiger partial charge in [-0.2, -0.15) is 0 Å². The van der Waals surface area contributed by atoms with Gasteiger partial charge in [0.25, 0.3) is 0 Å². The van der Waals surface area contributed by atoms with Gasteiger partial charge in [0.2, 0.25) is 0 Å². The first-order valence-corrected chi connectivity index (χ1v) is 5.59. The van der Waals surface area contributed by atoms with E-state index in [9.17, 15) is 0 Å². The number of fused-ring (bicyclic) bond motifs is 1. The van der Waals surface area contributed by atoms with Gasteiger partial charge in [0.15, 0.2) is 0 Å². The second kappa shape index (κ2) is 6.18. The van der Waals surface area contributed by atoms with Crippen molar-refractivity contribution in [1.29, 1.82) is 0 Å². The number of aromatic nitrogens is 1. The van der Waals surface area contributed by atoms with Crippen molar-refractivity contribution < 1.29 is 0 Å². The first-order chi connectivity index (χ1) is 7.27. The van der Waals surface area contributed by atoms with Crippen LogP contribution in [0, 0.1) is 6.92 Å². The highest BCUT2D eigenvalue weighted by Crippen LogP contribution is 2.11. The smallest absolute Gasteiger partial charge is 0.0702 e. The first-order valence-electron chi connectivity index (χ1n) is 5.59. The van der Waals surface area contributed by atoms with E-state index in [0.717, 1.165) is 5.52 Å². The van der Waals surface area contributed by atoms with E-state index in [1.54, 1.807) is 0 Å². The molecule has 0 N–H and O–H groups in total. The molecule has 0 spiro atoms. The lowest BCUT2D eigenvalue weighted by Gasteiger charge is -1.95. The van der Waals surface area contributed by atoms with E-state index in [1.807, 2.05) is 24.4 Å². The quantitative estimate of drug-likeness (QED) is 0.668. The standard InChI is InChI=1S/C10H9N.C4H10/c1-8-6-9-4-2-3-5-10(9)11-7-8;1-3-4-2/h2-7H,1H3;3-4H2,1-2H3. The van der Waals surface area contributed by atoms with Gasteiger partial charge in [-0.3, -0.25) is 4.98 Å². The summed E-state index contributed by atoms with van der Waals surface area (Å²) >= 11 is 0. The Bertz CT molecular complexity index is 405. The van der Waals surface area contributed by atoms with E-state index in [4.69, 9.17) is 0 Å². The molecule has 1 heteroatoms. The minimum absolute atomic E-state index is 1.07. The Morgan fingerprint density at radius 1 is 1.07 bits per heavy atom. The average Bonchev–Trinajstić information content (AvgIpc) is 2.29. The highest BCUT2D eigenvalue weighted by Gasteiger charge is 1.90. The Morgan fingerprint density at radius 2 is 1.73 bits per heavy atom. The molecule has 80 valence electrons. The molecule has 0 aliphatic heterocycles. The third-order valence-electron chi connectivity index (χ3n) is 2.23. The molecule has 0 unspecified atom stereocenters. The van der Waals surface area contributed by atoms with E-state index in [2.05, 4.69) is 37.9 Å². The zero-order valence-corrected chi connectivity index (χ0v) is 9.83. The minimum Gasteiger partial charge on any atom is -0.256 e. The van der Waals surface area contributed by atoms with Gasteiger partial charge in [0, 0.05) is 11.6 Å². The molecule has 15 heavy (non-hydrogen) atoms. The molecule has 0 atom stereocenters. The van der Waals surface area contributed by atoms with Gasteiger partial charge in [0.05, 0.1) is 5.52 Å². The Labute approximate surface area is 92.2 Å². The fourth-order valence-corrected chi connectivity index (χ4v) is 1.18. The zero-order valence-electron chi connectivity index (χ0n) is 9.83. The average molecular weight is 201 g/mol. The number of hydrogen-bond donors (Lipinski definition) is 0. The van der Waals surface area contributed by atoms with E-state index in [0.29, 0.717) is 0 Å². The van der Waals surface area contributed by atoms with Crippen LogP contribution in [0.2, 0.25) is 0 Å². The van der Waals surface area contributed by atoms with Crippen molar-refractivity contribution in [3.63, 3.8) is 0 Å². The molecule has 1 nitrogen and oxygen atoms in total. The van der Waals surface area contributed by atoms with Gasteiger partial charge in [-0.05, 0) is 24.6 Å². The summed E-state index contributed by atoms with van der Waals surface area (Å²) < 4.78 is 0. The summed E-state index contributed by atoms with van der Waals surface area (Å²) in [4.78, 5) is 4.28. The Kier molecular flexibility index (Phi) is 4.82. The summed E-state index contributed by atoms with van der Waals surface area (Å²) in [5, 5.41) is 1.22. The molecular weight excluding hydrogens is 182 g/mol. The zero-order chi connectivity index (χ0) is 11.1. The predicted molar refractivity (Wildman–Crippen MR) is 67.1 cm³/mol. The third-order valence-corrected chi connectivity index (χ3v) is 2.23. The first kappa shape index (κ1) is 11.7. The summed E-state index contributed by atoms with van der Waals surface area (Å²) in [6.07, 6.45) is 4.53. The van der Waals surface area contributed by atoms with Crippen molar-refractivity contribution in [2.45, 2.75) is 33.6 Å². The highest BCUT2D eigenvalue weighted by atomic mass is 14.6. The molecule has 1 aromatic carbocycles. The molecular formula is C14H19N. The summed E-state index contributed by atoms with van der Waals surface area (Å²) in [6.45, 7) is 6.42. The van der Waals surface area contributed by atoms with Crippen LogP contribution in [0.1, 0.15) is 32.3 Å². The number of aryl methyl sites for hydroxylation is 1.